The molecule has 0 saturated carbocycles. The summed E-state index contributed by atoms with van der Waals surface area (Å²) in [6.07, 6.45) is 2.32. The Labute approximate surface area is 191 Å². The van der Waals surface area contributed by atoms with Gasteiger partial charge in [-0.1, -0.05) is 6.07 Å². The number of nitrogens with zero attached hydrogens (tertiary/aromatic N) is 3. The second kappa shape index (κ2) is 9.64. The molecule has 0 aliphatic heterocycles. The molecule has 2 amide bonds. The fourth-order valence-electron chi connectivity index (χ4n) is 2.87. The number of ether oxygens (including phenoxy) is 1. The molecule has 0 radical (unpaired) electrons. The van der Waals surface area contributed by atoms with Crippen molar-refractivity contribution in [3.8, 4) is 11.1 Å². The summed E-state index contributed by atoms with van der Waals surface area (Å²) in [6.45, 7) is 5.26. The summed E-state index contributed by atoms with van der Waals surface area (Å²) in [5, 5.41) is 5.44. The summed E-state index contributed by atoms with van der Waals surface area (Å²) in [6, 6.07) is 11.2. The Hall–Kier alpha value is -4.01. The number of pyridine rings is 2. The van der Waals surface area contributed by atoms with Crippen molar-refractivity contribution in [2.75, 3.05) is 29.6 Å². The van der Waals surface area contributed by atoms with Crippen LogP contribution in [0.25, 0.3) is 11.1 Å². The van der Waals surface area contributed by atoms with Crippen LogP contribution in [0.3, 0.4) is 0 Å². The van der Waals surface area contributed by atoms with Gasteiger partial charge in [0.05, 0.1) is 23.3 Å². The highest BCUT2D eigenvalue weighted by molar-refractivity contribution is 6.06. The zero-order chi connectivity index (χ0) is 24.2. The predicted octanol–water partition coefficient (Wildman–Crippen LogP) is 4.95. The number of amides is 2. The van der Waals surface area contributed by atoms with Crippen LogP contribution in [0.5, 0.6) is 0 Å². The van der Waals surface area contributed by atoms with Crippen LogP contribution in [0.2, 0.25) is 0 Å². The van der Waals surface area contributed by atoms with Crippen LogP contribution < -0.4 is 15.5 Å². The number of carbonyl (C=O) groups excluding carboxylic acids is 2. The molecule has 0 unspecified atom stereocenters. The van der Waals surface area contributed by atoms with Crippen molar-refractivity contribution in [2.24, 2.45) is 0 Å². The van der Waals surface area contributed by atoms with Crippen LogP contribution in [0.1, 0.15) is 31.3 Å². The number of nitrogens with one attached hydrogen (secondary N) is 2. The molecule has 3 rings (SSSR count). The lowest BCUT2D eigenvalue weighted by atomic mass is 10.1. The molecule has 0 fully saturated rings. The Bertz CT molecular complexity index is 1140. The lowest BCUT2D eigenvalue weighted by Crippen LogP contribution is -2.27. The van der Waals surface area contributed by atoms with E-state index in [0.29, 0.717) is 22.5 Å². The topological polar surface area (TPSA) is 96.5 Å². The Balaban J connectivity index is 1.92. The van der Waals surface area contributed by atoms with Crippen LogP contribution >= 0.6 is 0 Å². The largest absolute Gasteiger partial charge is 0.444 e. The molecule has 0 bridgehead atoms. The van der Waals surface area contributed by atoms with Crippen LogP contribution in [-0.4, -0.2) is 41.7 Å². The summed E-state index contributed by atoms with van der Waals surface area (Å²) in [4.78, 5) is 34.9. The molecule has 3 aromatic rings. The van der Waals surface area contributed by atoms with E-state index in [2.05, 4.69) is 20.6 Å². The third-order valence-electron chi connectivity index (χ3n) is 4.46. The van der Waals surface area contributed by atoms with Crippen molar-refractivity contribution in [2.45, 2.75) is 26.4 Å². The maximum absolute atomic E-state index is 13.2. The molecule has 2 N–H and O–H groups in total. The number of carbonyl (C=O) groups is 2. The lowest BCUT2D eigenvalue weighted by Gasteiger charge is -2.21. The van der Waals surface area contributed by atoms with Gasteiger partial charge in [-0.3, -0.25) is 10.1 Å². The van der Waals surface area contributed by atoms with E-state index in [1.54, 1.807) is 63.4 Å². The summed E-state index contributed by atoms with van der Waals surface area (Å²) in [5.74, 6) is -1.05. The molecular formula is C24H26FN5O3. The van der Waals surface area contributed by atoms with Gasteiger partial charge in [0.1, 0.15) is 11.3 Å². The molecule has 0 atom stereocenters. The normalized spacial score (nSPS) is 11.0. The second-order valence-corrected chi connectivity index (χ2v) is 8.51. The fraction of sp³-hybridized carbons (Fsp3) is 0.250. The zero-order valence-corrected chi connectivity index (χ0v) is 19.1. The van der Waals surface area contributed by atoms with E-state index in [-0.39, 0.29) is 5.69 Å². The third-order valence-corrected chi connectivity index (χ3v) is 4.46. The molecule has 33 heavy (non-hydrogen) atoms. The minimum atomic E-state index is -0.689. The molecule has 2 heterocycles. The smallest absolute Gasteiger partial charge is 0.412 e. The molecule has 0 aliphatic rings. The number of benzene rings is 1. The van der Waals surface area contributed by atoms with E-state index in [1.165, 1.54) is 12.3 Å². The average molecular weight is 452 g/mol. The van der Waals surface area contributed by atoms with Crippen molar-refractivity contribution >= 4 is 29.1 Å². The van der Waals surface area contributed by atoms with Crippen molar-refractivity contribution in [1.82, 2.24) is 9.97 Å². The predicted molar refractivity (Wildman–Crippen MR) is 126 cm³/mol. The Morgan fingerprint density at radius 3 is 2.21 bits per heavy atom. The first-order valence-electron chi connectivity index (χ1n) is 10.2. The highest BCUT2D eigenvalue weighted by atomic mass is 19.1. The van der Waals surface area contributed by atoms with Gasteiger partial charge < -0.3 is 15.0 Å². The monoisotopic (exact) mass is 451 g/mol. The van der Waals surface area contributed by atoms with Gasteiger partial charge in [-0.15, -0.1) is 0 Å². The zero-order valence-electron chi connectivity index (χ0n) is 19.1. The summed E-state index contributed by atoms with van der Waals surface area (Å²) in [5.41, 5.74) is 2.34. The molecule has 0 spiro atoms. The minimum absolute atomic E-state index is 0.206. The van der Waals surface area contributed by atoms with Crippen molar-refractivity contribution in [1.29, 1.82) is 0 Å². The number of anilines is 3. The summed E-state index contributed by atoms with van der Waals surface area (Å²) in [7, 11) is 3.75. The third kappa shape index (κ3) is 6.49. The Morgan fingerprint density at radius 1 is 0.909 bits per heavy atom. The number of rotatable bonds is 5. The SMILES string of the molecule is CN(C)c1ccc(C(=O)Nc2cc(-c3ccc(F)nc3)ccc2NC(=O)OC(C)(C)C)nc1. The van der Waals surface area contributed by atoms with Gasteiger partial charge in [0.25, 0.3) is 5.91 Å². The first-order valence-corrected chi connectivity index (χ1v) is 10.2. The Morgan fingerprint density at radius 2 is 1.64 bits per heavy atom. The van der Waals surface area contributed by atoms with Gasteiger partial charge in [-0.05, 0) is 62.7 Å². The standard InChI is InChI=1S/C24H26FN5O3/c1-24(2,3)33-23(32)29-18-9-6-15(16-7-11-21(25)27-13-16)12-20(18)28-22(31)19-10-8-17(14-26-19)30(4)5/h6-14H,1-5H3,(H,28,31)(H,29,32). The number of hydrogen-bond donors (Lipinski definition) is 2. The van der Waals surface area contributed by atoms with E-state index in [9.17, 15) is 14.0 Å². The van der Waals surface area contributed by atoms with Crippen LogP contribution in [-0.2, 0) is 4.74 Å². The second-order valence-electron chi connectivity index (χ2n) is 8.51. The minimum Gasteiger partial charge on any atom is -0.444 e. The molecular weight excluding hydrogens is 425 g/mol. The first kappa shape index (κ1) is 23.6. The summed E-state index contributed by atoms with van der Waals surface area (Å²) >= 11 is 0. The van der Waals surface area contributed by atoms with Gasteiger partial charge in [-0.25, -0.2) is 14.8 Å². The van der Waals surface area contributed by atoms with Gasteiger partial charge in [0.2, 0.25) is 5.95 Å². The fourth-order valence-corrected chi connectivity index (χ4v) is 2.87. The first-order chi connectivity index (χ1) is 15.5. The quantitative estimate of drug-likeness (QED) is 0.533. The van der Waals surface area contributed by atoms with Crippen LogP contribution in [0.4, 0.5) is 26.2 Å². The van der Waals surface area contributed by atoms with Crippen molar-refractivity contribution in [3.05, 3.63) is 66.5 Å². The lowest BCUT2D eigenvalue weighted by molar-refractivity contribution is 0.0635. The average Bonchev–Trinajstić information content (AvgIpc) is 2.74. The van der Waals surface area contributed by atoms with E-state index < -0.39 is 23.5 Å². The van der Waals surface area contributed by atoms with Crippen molar-refractivity contribution in [3.63, 3.8) is 0 Å². The Kier molecular flexibility index (Phi) is 6.91. The molecule has 8 nitrogen and oxygen atoms in total. The number of aromatic nitrogens is 2. The highest BCUT2D eigenvalue weighted by Gasteiger charge is 2.19. The van der Waals surface area contributed by atoms with Crippen molar-refractivity contribution < 1.29 is 18.7 Å². The number of halogens is 1. The van der Waals surface area contributed by atoms with Crippen LogP contribution in [0.15, 0.2) is 54.9 Å². The van der Waals surface area contributed by atoms with Gasteiger partial charge >= 0.3 is 6.09 Å². The molecule has 2 aromatic heterocycles. The maximum atomic E-state index is 13.2. The molecule has 0 aliphatic carbocycles. The molecule has 0 saturated heterocycles. The molecule has 1 aromatic carbocycles. The molecule has 172 valence electrons. The molecule has 9 heteroatoms. The maximum Gasteiger partial charge on any atom is 0.412 e. The van der Waals surface area contributed by atoms with E-state index in [1.807, 2.05) is 19.0 Å². The van der Waals surface area contributed by atoms with E-state index in [0.717, 1.165) is 5.69 Å². The van der Waals surface area contributed by atoms with E-state index >= 15 is 0 Å². The summed E-state index contributed by atoms with van der Waals surface area (Å²) < 4.78 is 18.5. The number of hydrogen-bond acceptors (Lipinski definition) is 6. The highest BCUT2D eigenvalue weighted by Crippen LogP contribution is 2.30. The van der Waals surface area contributed by atoms with E-state index in [4.69, 9.17) is 4.74 Å². The van der Waals surface area contributed by atoms with Gasteiger partial charge in [-0.2, -0.15) is 4.39 Å². The van der Waals surface area contributed by atoms with Crippen LogP contribution in [0, 0.1) is 5.95 Å². The van der Waals surface area contributed by atoms with Gasteiger partial charge in [0.15, 0.2) is 0 Å². The van der Waals surface area contributed by atoms with Gasteiger partial charge in [0, 0.05) is 25.9 Å².